The lowest BCUT2D eigenvalue weighted by molar-refractivity contribution is -0.121. The smallest absolute Gasteiger partial charge is 0.221 e. The molecule has 2 heterocycles. The summed E-state index contributed by atoms with van der Waals surface area (Å²) in [5, 5.41) is 6.37. The first kappa shape index (κ1) is 14.3. The van der Waals surface area contributed by atoms with Crippen molar-refractivity contribution >= 4 is 17.7 Å². The van der Waals surface area contributed by atoms with E-state index in [2.05, 4.69) is 15.6 Å². The van der Waals surface area contributed by atoms with Gasteiger partial charge >= 0.3 is 0 Å². The van der Waals surface area contributed by atoms with Gasteiger partial charge in [-0.25, -0.2) is 0 Å². The van der Waals surface area contributed by atoms with E-state index in [9.17, 15) is 4.79 Å². The van der Waals surface area contributed by atoms with E-state index in [0.29, 0.717) is 19.0 Å². The van der Waals surface area contributed by atoms with Crippen LogP contribution >= 0.6 is 11.8 Å². The fourth-order valence-corrected chi connectivity index (χ4v) is 3.19. The van der Waals surface area contributed by atoms with E-state index >= 15 is 0 Å². The van der Waals surface area contributed by atoms with Crippen LogP contribution in [0.1, 0.15) is 24.8 Å². The van der Waals surface area contributed by atoms with Crippen molar-refractivity contribution in [2.45, 2.75) is 31.8 Å². The highest BCUT2D eigenvalue weighted by atomic mass is 32.2. The second-order valence-electron chi connectivity index (χ2n) is 4.76. The Morgan fingerprint density at radius 2 is 2.47 bits per heavy atom. The molecule has 1 amide bonds. The Labute approximate surface area is 118 Å². The molecule has 1 aromatic heterocycles. The highest BCUT2D eigenvalue weighted by molar-refractivity contribution is 7.99. The van der Waals surface area contributed by atoms with Crippen molar-refractivity contribution in [1.82, 2.24) is 15.6 Å². The monoisotopic (exact) mass is 279 g/mol. The highest BCUT2D eigenvalue weighted by Crippen LogP contribution is 2.16. The predicted octanol–water partition coefficient (Wildman–Crippen LogP) is 1.57. The zero-order valence-corrected chi connectivity index (χ0v) is 11.9. The normalized spacial score (nSPS) is 19.1. The maximum atomic E-state index is 11.7. The van der Waals surface area contributed by atoms with Crippen molar-refractivity contribution in [3.05, 3.63) is 30.1 Å². The van der Waals surface area contributed by atoms with Crippen LogP contribution < -0.4 is 10.6 Å². The van der Waals surface area contributed by atoms with Gasteiger partial charge in [-0.15, -0.1) is 0 Å². The minimum absolute atomic E-state index is 0.0971. The fourth-order valence-electron chi connectivity index (χ4n) is 2.08. The summed E-state index contributed by atoms with van der Waals surface area (Å²) in [5.74, 6) is 2.56. The SMILES string of the molecule is O=C(CCN[C@H]1CCCSC1)NCc1cccnc1. The molecule has 2 N–H and O–H groups in total. The number of carbonyl (C=O) groups excluding carboxylic acids is 1. The standard InChI is InChI=1S/C14H21N3OS/c18-14(17-10-12-3-1-6-15-9-12)5-7-16-13-4-2-8-19-11-13/h1,3,6,9,13,16H,2,4-5,7-8,10-11H2,(H,17,18)/t13-/m0/s1. The van der Waals surface area contributed by atoms with Gasteiger partial charge in [-0.2, -0.15) is 11.8 Å². The Bertz CT molecular complexity index is 380. The molecular formula is C14H21N3OS. The van der Waals surface area contributed by atoms with Crippen molar-refractivity contribution in [3.63, 3.8) is 0 Å². The van der Waals surface area contributed by atoms with Crippen molar-refractivity contribution in [1.29, 1.82) is 0 Å². The average Bonchev–Trinajstić information content (AvgIpc) is 2.47. The third-order valence-corrected chi connectivity index (χ3v) is 4.37. The maximum absolute atomic E-state index is 11.7. The molecule has 1 atom stereocenters. The molecule has 104 valence electrons. The molecule has 1 fully saturated rings. The number of pyridine rings is 1. The largest absolute Gasteiger partial charge is 0.352 e. The molecule has 1 aliphatic rings. The fraction of sp³-hybridized carbons (Fsp3) is 0.571. The highest BCUT2D eigenvalue weighted by Gasteiger charge is 2.12. The molecule has 0 aliphatic carbocycles. The number of rotatable bonds is 6. The topological polar surface area (TPSA) is 54.0 Å². The van der Waals surface area contributed by atoms with Crippen molar-refractivity contribution in [2.75, 3.05) is 18.1 Å². The van der Waals surface area contributed by atoms with E-state index in [4.69, 9.17) is 0 Å². The van der Waals surface area contributed by atoms with E-state index in [1.54, 1.807) is 12.4 Å². The van der Waals surface area contributed by atoms with Crippen LogP contribution in [0.2, 0.25) is 0 Å². The summed E-state index contributed by atoms with van der Waals surface area (Å²) in [6.07, 6.45) is 6.58. The van der Waals surface area contributed by atoms with E-state index in [0.717, 1.165) is 12.1 Å². The zero-order chi connectivity index (χ0) is 13.3. The van der Waals surface area contributed by atoms with Crippen LogP contribution in [0.25, 0.3) is 0 Å². The van der Waals surface area contributed by atoms with Gasteiger partial charge < -0.3 is 10.6 Å². The van der Waals surface area contributed by atoms with Gasteiger partial charge in [-0.1, -0.05) is 6.07 Å². The third-order valence-electron chi connectivity index (χ3n) is 3.16. The number of aromatic nitrogens is 1. The number of carbonyl (C=O) groups is 1. The predicted molar refractivity (Wildman–Crippen MR) is 79.1 cm³/mol. The molecule has 1 aromatic rings. The van der Waals surface area contributed by atoms with Gasteiger partial charge in [0.1, 0.15) is 0 Å². The van der Waals surface area contributed by atoms with Crippen LogP contribution in [0.15, 0.2) is 24.5 Å². The molecule has 1 aliphatic heterocycles. The van der Waals surface area contributed by atoms with Crippen LogP contribution in [0.5, 0.6) is 0 Å². The Morgan fingerprint density at radius 1 is 1.53 bits per heavy atom. The molecule has 4 nitrogen and oxygen atoms in total. The first-order valence-electron chi connectivity index (χ1n) is 6.81. The molecular weight excluding hydrogens is 258 g/mol. The van der Waals surface area contributed by atoms with E-state index in [-0.39, 0.29) is 5.91 Å². The summed E-state index contributed by atoms with van der Waals surface area (Å²) in [5.41, 5.74) is 1.03. The molecule has 0 unspecified atom stereocenters. The Kier molecular flexibility index (Phi) is 6.17. The first-order valence-corrected chi connectivity index (χ1v) is 7.97. The van der Waals surface area contributed by atoms with E-state index < -0.39 is 0 Å². The van der Waals surface area contributed by atoms with Gasteiger partial charge in [-0.3, -0.25) is 9.78 Å². The molecule has 0 aromatic carbocycles. The number of nitrogens with one attached hydrogen (secondary N) is 2. The van der Waals surface area contributed by atoms with E-state index in [1.807, 2.05) is 23.9 Å². The summed E-state index contributed by atoms with van der Waals surface area (Å²) in [4.78, 5) is 15.7. The minimum Gasteiger partial charge on any atom is -0.352 e. The number of hydrogen-bond acceptors (Lipinski definition) is 4. The molecule has 19 heavy (non-hydrogen) atoms. The van der Waals surface area contributed by atoms with Crippen LogP contribution in [0.4, 0.5) is 0 Å². The first-order chi connectivity index (χ1) is 9.34. The molecule has 0 spiro atoms. The van der Waals surface area contributed by atoms with Crippen LogP contribution in [-0.2, 0) is 11.3 Å². The average molecular weight is 279 g/mol. The van der Waals surface area contributed by atoms with Crippen molar-refractivity contribution < 1.29 is 4.79 Å². The molecule has 0 radical (unpaired) electrons. The summed E-state index contributed by atoms with van der Waals surface area (Å²) >= 11 is 2.00. The van der Waals surface area contributed by atoms with Gasteiger partial charge in [0.25, 0.3) is 0 Å². The second-order valence-corrected chi connectivity index (χ2v) is 5.91. The summed E-state index contributed by atoms with van der Waals surface area (Å²) in [6.45, 7) is 1.33. The summed E-state index contributed by atoms with van der Waals surface area (Å²) < 4.78 is 0. The Balaban J connectivity index is 1.57. The lowest BCUT2D eigenvalue weighted by Gasteiger charge is -2.22. The van der Waals surface area contributed by atoms with Crippen molar-refractivity contribution in [3.8, 4) is 0 Å². The maximum Gasteiger partial charge on any atom is 0.221 e. The molecule has 2 rings (SSSR count). The lowest BCUT2D eigenvalue weighted by atomic mass is 10.2. The Morgan fingerprint density at radius 3 is 3.21 bits per heavy atom. The molecule has 1 saturated heterocycles. The van der Waals surface area contributed by atoms with Gasteiger partial charge in [0, 0.05) is 43.7 Å². The molecule has 0 saturated carbocycles. The minimum atomic E-state index is 0.0971. The van der Waals surface area contributed by atoms with Gasteiger partial charge in [0.15, 0.2) is 0 Å². The lowest BCUT2D eigenvalue weighted by Crippen LogP contribution is -2.36. The van der Waals surface area contributed by atoms with Crippen LogP contribution in [-0.4, -0.2) is 35.0 Å². The van der Waals surface area contributed by atoms with Crippen LogP contribution in [0, 0.1) is 0 Å². The quantitative estimate of drug-likeness (QED) is 0.830. The summed E-state index contributed by atoms with van der Waals surface area (Å²) in [7, 11) is 0. The number of amides is 1. The number of hydrogen-bond donors (Lipinski definition) is 2. The Hall–Kier alpha value is -1.07. The summed E-state index contributed by atoms with van der Waals surface area (Å²) in [6, 6.07) is 4.43. The van der Waals surface area contributed by atoms with Crippen LogP contribution in [0.3, 0.4) is 0 Å². The van der Waals surface area contributed by atoms with Crippen molar-refractivity contribution in [2.24, 2.45) is 0 Å². The van der Waals surface area contributed by atoms with Gasteiger partial charge in [-0.05, 0) is 30.2 Å². The third kappa shape index (κ3) is 5.61. The number of thioether (sulfide) groups is 1. The van der Waals surface area contributed by atoms with Gasteiger partial charge in [0.05, 0.1) is 0 Å². The number of nitrogens with zero attached hydrogens (tertiary/aromatic N) is 1. The zero-order valence-electron chi connectivity index (χ0n) is 11.1. The van der Waals surface area contributed by atoms with Gasteiger partial charge in [0.2, 0.25) is 5.91 Å². The molecule has 0 bridgehead atoms. The second kappa shape index (κ2) is 8.17. The van der Waals surface area contributed by atoms with E-state index in [1.165, 1.54) is 24.3 Å². The molecule has 5 heteroatoms.